The SMILES string of the molecule is COc1cccc(OC)c1-n1c(NS(=O)(=O)[C@@H](C)[C@H](OC)c2ncc(Cl)cn2)nnc1[C@H]1C[C@@H](OC)C1. The van der Waals surface area contributed by atoms with E-state index in [1.165, 1.54) is 40.6 Å². The van der Waals surface area contributed by atoms with E-state index in [1.54, 1.807) is 29.9 Å². The summed E-state index contributed by atoms with van der Waals surface area (Å²) in [7, 11) is 2.00. The van der Waals surface area contributed by atoms with Crippen LogP contribution >= 0.6 is 11.6 Å². The molecule has 12 nitrogen and oxygen atoms in total. The number of nitrogens with zero attached hydrogens (tertiary/aromatic N) is 5. The molecule has 0 amide bonds. The number of nitrogens with one attached hydrogen (secondary N) is 1. The van der Waals surface area contributed by atoms with Gasteiger partial charge in [-0.3, -0.25) is 9.29 Å². The van der Waals surface area contributed by atoms with Gasteiger partial charge < -0.3 is 18.9 Å². The van der Waals surface area contributed by atoms with Gasteiger partial charge >= 0.3 is 0 Å². The number of sulfonamides is 1. The van der Waals surface area contributed by atoms with Crippen LogP contribution in [0, 0.1) is 0 Å². The van der Waals surface area contributed by atoms with Crippen molar-refractivity contribution in [3.8, 4) is 17.2 Å². The lowest BCUT2D eigenvalue weighted by atomic mass is 9.81. The Morgan fingerprint density at radius 1 is 1.05 bits per heavy atom. The van der Waals surface area contributed by atoms with E-state index in [9.17, 15) is 8.42 Å². The Labute approximate surface area is 220 Å². The normalized spacial score (nSPS) is 19.1. The van der Waals surface area contributed by atoms with Crippen LogP contribution in [0.4, 0.5) is 5.95 Å². The first kappa shape index (κ1) is 27.0. The summed E-state index contributed by atoms with van der Waals surface area (Å²) >= 11 is 5.88. The Morgan fingerprint density at radius 3 is 2.22 bits per heavy atom. The number of para-hydroxylation sites is 1. The van der Waals surface area contributed by atoms with Gasteiger partial charge in [0.05, 0.1) is 25.3 Å². The zero-order valence-electron chi connectivity index (χ0n) is 21.1. The lowest BCUT2D eigenvalue weighted by Crippen LogP contribution is -2.34. The van der Waals surface area contributed by atoms with Gasteiger partial charge in [0.2, 0.25) is 16.0 Å². The average Bonchev–Trinajstić information content (AvgIpc) is 3.25. The molecule has 37 heavy (non-hydrogen) atoms. The first-order chi connectivity index (χ1) is 17.7. The van der Waals surface area contributed by atoms with Gasteiger partial charge in [0.1, 0.15) is 34.4 Å². The maximum Gasteiger partial charge on any atom is 0.243 e. The van der Waals surface area contributed by atoms with Crippen molar-refractivity contribution in [1.82, 2.24) is 24.7 Å². The molecule has 0 unspecified atom stereocenters. The minimum absolute atomic E-state index is 0.00284. The van der Waals surface area contributed by atoms with E-state index in [4.69, 9.17) is 30.5 Å². The van der Waals surface area contributed by atoms with Crippen molar-refractivity contribution < 1.29 is 27.4 Å². The van der Waals surface area contributed by atoms with Crippen molar-refractivity contribution in [2.45, 2.75) is 43.1 Å². The molecule has 1 saturated carbocycles. The third-order valence-electron chi connectivity index (χ3n) is 6.40. The summed E-state index contributed by atoms with van der Waals surface area (Å²) in [5.74, 6) is 1.64. The number of methoxy groups -OCH3 is 4. The highest BCUT2D eigenvalue weighted by Crippen LogP contribution is 2.43. The molecule has 0 radical (unpaired) electrons. The lowest BCUT2D eigenvalue weighted by molar-refractivity contribution is 0.0232. The number of rotatable bonds is 11. The molecule has 1 aliphatic rings. The summed E-state index contributed by atoms with van der Waals surface area (Å²) in [5, 5.41) is 7.80. The van der Waals surface area contributed by atoms with Gasteiger partial charge in [-0.15, -0.1) is 10.2 Å². The predicted octanol–water partition coefficient (Wildman–Crippen LogP) is 3.14. The summed E-state index contributed by atoms with van der Waals surface area (Å²) in [5.41, 5.74) is 0.475. The summed E-state index contributed by atoms with van der Waals surface area (Å²) in [6, 6.07) is 5.27. The Morgan fingerprint density at radius 2 is 1.68 bits per heavy atom. The fraction of sp³-hybridized carbons (Fsp3) is 0.478. The van der Waals surface area contributed by atoms with Gasteiger partial charge in [-0.05, 0) is 31.9 Å². The molecule has 200 valence electrons. The third-order valence-corrected chi connectivity index (χ3v) is 8.29. The molecule has 1 aliphatic carbocycles. The van der Waals surface area contributed by atoms with Crippen molar-refractivity contribution in [2.75, 3.05) is 33.2 Å². The van der Waals surface area contributed by atoms with Crippen molar-refractivity contribution in [3.05, 3.63) is 47.3 Å². The van der Waals surface area contributed by atoms with Crippen LogP contribution in [-0.2, 0) is 19.5 Å². The maximum atomic E-state index is 13.6. The summed E-state index contributed by atoms with van der Waals surface area (Å²) in [6.07, 6.45) is 3.32. The fourth-order valence-corrected chi connectivity index (χ4v) is 5.46. The second-order valence-corrected chi connectivity index (χ2v) is 11.0. The second-order valence-electron chi connectivity index (χ2n) is 8.52. The summed E-state index contributed by atoms with van der Waals surface area (Å²) in [6.45, 7) is 1.49. The van der Waals surface area contributed by atoms with Crippen molar-refractivity contribution in [1.29, 1.82) is 0 Å². The number of hydrogen-bond acceptors (Lipinski definition) is 10. The molecule has 0 aliphatic heterocycles. The number of ether oxygens (including phenoxy) is 4. The van der Waals surface area contributed by atoms with Gasteiger partial charge in [0.25, 0.3) is 0 Å². The van der Waals surface area contributed by atoms with Crippen molar-refractivity contribution >= 4 is 27.6 Å². The van der Waals surface area contributed by atoms with Gasteiger partial charge in [0.15, 0.2) is 5.82 Å². The minimum Gasteiger partial charge on any atom is -0.494 e. The standard InChI is InChI=1S/C23H29ClN6O6S/c1-13(20(36-5)21-25-11-15(24)12-26-21)37(31,32)29-23-28-27-22(14-9-16(10-14)33-2)30(23)19-17(34-3)7-6-8-18(19)35-4/h6-8,11-14,16,20H,9-10H2,1-5H3,(H,28,29)/t13-,14-,16+,20-/m0/s1. The van der Waals surface area contributed by atoms with Crippen molar-refractivity contribution in [2.24, 2.45) is 0 Å². The van der Waals surface area contributed by atoms with Gasteiger partial charge in [-0.1, -0.05) is 17.7 Å². The van der Waals surface area contributed by atoms with Crippen LogP contribution in [0.2, 0.25) is 5.02 Å². The molecule has 0 saturated heterocycles. The van der Waals surface area contributed by atoms with E-state index in [1.807, 2.05) is 0 Å². The van der Waals surface area contributed by atoms with Gasteiger partial charge in [-0.25, -0.2) is 18.4 Å². The minimum atomic E-state index is -4.09. The molecule has 1 aromatic carbocycles. The highest BCUT2D eigenvalue weighted by Gasteiger charge is 2.38. The molecule has 0 bridgehead atoms. The molecule has 2 heterocycles. The molecular weight excluding hydrogens is 524 g/mol. The number of aromatic nitrogens is 5. The molecule has 14 heteroatoms. The van der Waals surface area contributed by atoms with E-state index in [0.717, 1.165) is 12.8 Å². The Balaban J connectivity index is 1.76. The number of benzene rings is 1. The van der Waals surface area contributed by atoms with Gasteiger partial charge in [-0.2, -0.15) is 0 Å². The molecule has 4 rings (SSSR count). The van der Waals surface area contributed by atoms with Crippen LogP contribution in [0.5, 0.6) is 11.5 Å². The van der Waals surface area contributed by atoms with Crippen LogP contribution in [0.25, 0.3) is 5.69 Å². The number of anilines is 1. The molecule has 3 aromatic rings. The first-order valence-corrected chi connectivity index (χ1v) is 13.4. The highest BCUT2D eigenvalue weighted by molar-refractivity contribution is 7.93. The highest BCUT2D eigenvalue weighted by atomic mass is 35.5. The first-order valence-electron chi connectivity index (χ1n) is 11.4. The molecule has 1 N–H and O–H groups in total. The van der Waals surface area contributed by atoms with E-state index < -0.39 is 21.4 Å². The van der Waals surface area contributed by atoms with E-state index in [2.05, 4.69) is 24.9 Å². The monoisotopic (exact) mass is 552 g/mol. The predicted molar refractivity (Wildman–Crippen MR) is 136 cm³/mol. The van der Waals surface area contributed by atoms with Crippen LogP contribution in [0.15, 0.2) is 30.6 Å². The average molecular weight is 553 g/mol. The zero-order chi connectivity index (χ0) is 26.7. The quantitative estimate of drug-likeness (QED) is 0.377. The Kier molecular flexibility index (Phi) is 8.17. The molecule has 2 atom stereocenters. The van der Waals surface area contributed by atoms with E-state index in [0.29, 0.717) is 28.0 Å². The van der Waals surface area contributed by atoms with Crippen molar-refractivity contribution in [3.63, 3.8) is 0 Å². The number of halogens is 1. The van der Waals surface area contributed by atoms with Crippen LogP contribution < -0.4 is 14.2 Å². The van der Waals surface area contributed by atoms with Gasteiger partial charge in [0, 0.05) is 32.5 Å². The molecular formula is C23H29ClN6O6S. The van der Waals surface area contributed by atoms with Crippen LogP contribution in [-0.4, -0.2) is 72.9 Å². The largest absolute Gasteiger partial charge is 0.494 e. The maximum absolute atomic E-state index is 13.6. The lowest BCUT2D eigenvalue weighted by Gasteiger charge is -2.33. The third kappa shape index (κ3) is 5.35. The fourth-order valence-electron chi connectivity index (χ4n) is 4.23. The molecule has 1 fully saturated rings. The number of hydrogen-bond donors (Lipinski definition) is 1. The van der Waals surface area contributed by atoms with E-state index in [-0.39, 0.29) is 23.8 Å². The summed E-state index contributed by atoms with van der Waals surface area (Å²) < 4.78 is 53.4. The molecule has 0 spiro atoms. The Hall–Kier alpha value is -3.00. The topological polar surface area (TPSA) is 140 Å². The molecule has 2 aromatic heterocycles. The smallest absolute Gasteiger partial charge is 0.243 e. The van der Waals surface area contributed by atoms with Crippen LogP contribution in [0.3, 0.4) is 0 Å². The second kappa shape index (κ2) is 11.2. The zero-order valence-corrected chi connectivity index (χ0v) is 22.7. The van der Waals surface area contributed by atoms with E-state index >= 15 is 0 Å². The Bertz CT molecular complexity index is 1310. The van der Waals surface area contributed by atoms with Crippen LogP contribution in [0.1, 0.15) is 43.4 Å². The summed E-state index contributed by atoms with van der Waals surface area (Å²) in [4.78, 5) is 8.25.